The summed E-state index contributed by atoms with van der Waals surface area (Å²) >= 11 is 0. The third-order valence-corrected chi connectivity index (χ3v) is 1.92. The molecule has 0 saturated carbocycles. The lowest BCUT2D eigenvalue weighted by Crippen LogP contribution is -2.35. The van der Waals surface area contributed by atoms with Gasteiger partial charge in [-0.25, -0.2) is 0 Å². The van der Waals surface area contributed by atoms with Crippen molar-refractivity contribution in [2.45, 2.75) is 19.9 Å². The van der Waals surface area contributed by atoms with Crippen LogP contribution in [0.1, 0.15) is 13.8 Å². The predicted octanol–water partition coefficient (Wildman–Crippen LogP) is 1.38. The summed E-state index contributed by atoms with van der Waals surface area (Å²) in [4.78, 5) is 16.3. The molecule has 1 aromatic heterocycles. The lowest BCUT2D eigenvalue weighted by Gasteiger charge is -2.26. The zero-order valence-electron chi connectivity index (χ0n) is 8.34. The number of anilines is 1. The van der Waals surface area contributed by atoms with Gasteiger partial charge in [0.1, 0.15) is 6.54 Å². The van der Waals surface area contributed by atoms with Crippen molar-refractivity contribution in [1.82, 2.24) is 4.98 Å². The number of nitrogens with zero attached hydrogens (tertiary/aromatic N) is 2. The van der Waals surface area contributed by atoms with E-state index in [0.29, 0.717) is 0 Å². The van der Waals surface area contributed by atoms with E-state index in [2.05, 4.69) is 4.98 Å². The zero-order chi connectivity index (χ0) is 10.6. The molecule has 1 heterocycles. The van der Waals surface area contributed by atoms with E-state index in [9.17, 15) is 4.79 Å². The Hall–Kier alpha value is -1.58. The average Bonchev–Trinajstić information content (AvgIpc) is 2.15. The van der Waals surface area contributed by atoms with Crippen molar-refractivity contribution < 1.29 is 9.90 Å². The van der Waals surface area contributed by atoms with Gasteiger partial charge < -0.3 is 10.0 Å². The van der Waals surface area contributed by atoms with Gasteiger partial charge in [0, 0.05) is 24.1 Å². The summed E-state index contributed by atoms with van der Waals surface area (Å²) in [5, 5.41) is 8.74. The van der Waals surface area contributed by atoms with Gasteiger partial charge in [-0.1, -0.05) is 0 Å². The highest BCUT2D eigenvalue weighted by molar-refractivity contribution is 5.73. The van der Waals surface area contributed by atoms with Crippen LogP contribution in [0.4, 0.5) is 5.69 Å². The number of aliphatic carboxylic acids is 1. The maximum Gasteiger partial charge on any atom is 0.323 e. The number of carboxylic acid groups (broad SMARTS) is 1. The Kier molecular flexibility index (Phi) is 3.45. The molecule has 0 aromatic carbocycles. The zero-order valence-corrected chi connectivity index (χ0v) is 8.34. The van der Waals surface area contributed by atoms with Crippen LogP contribution in [0.15, 0.2) is 24.5 Å². The Labute approximate surface area is 83.2 Å². The topological polar surface area (TPSA) is 53.4 Å². The molecule has 0 aliphatic rings. The van der Waals surface area contributed by atoms with Crippen molar-refractivity contribution in [3.63, 3.8) is 0 Å². The minimum atomic E-state index is -0.824. The Bertz CT molecular complexity index is 298. The SMILES string of the molecule is CC(C)N(CC(=O)O)c1ccncc1. The molecule has 76 valence electrons. The van der Waals surface area contributed by atoms with Gasteiger partial charge in [-0.15, -0.1) is 0 Å². The Morgan fingerprint density at radius 3 is 2.50 bits per heavy atom. The van der Waals surface area contributed by atoms with E-state index < -0.39 is 5.97 Å². The lowest BCUT2D eigenvalue weighted by molar-refractivity contribution is -0.135. The second-order valence-corrected chi connectivity index (χ2v) is 3.32. The van der Waals surface area contributed by atoms with Crippen LogP contribution in [0.2, 0.25) is 0 Å². The summed E-state index contributed by atoms with van der Waals surface area (Å²) in [6, 6.07) is 3.78. The predicted molar refractivity (Wildman–Crippen MR) is 54.4 cm³/mol. The van der Waals surface area contributed by atoms with E-state index in [-0.39, 0.29) is 12.6 Å². The Morgan fingerprint density at radius 1 is 1.50 bits per heavy atom. The molecule has 4 nitrogen and oxygen atoms in total. The first kappa shape index (κ1) is 10.5. The van der Waals surface area contributed by atoms with E-state index >= 15 is 0 Å². The molecule has 1 aromatic rings. The molecule has 0 aliphatic heterocycles. The molecule has 0 radical (unpaired) electrons. The minimum absolute atomic E-state index is 0.0156. The van der Waals surface area contributed by atoms with Gasteiger partial charge in [0.05, 0.1) is 0 Å². The molecule has 0 aliphatic carbocycles. The van der Waals surface area contributed by atoms with Gasteiger partial charge in [0.15, 0.2) is 0 Å². The van der Waals surface area contributed by atoms with Crippen molar-refractivity contribution in [2.75, 3.05) is 11.4 Å². The molecule has 0 atom stereocenters. The average molecular weight is 194 g/mol. The van der Waals surface area contributed by atoms with E-state index in [4.69, 9.17) is 5.11 Å². The second kappa shape index (κ2) is 4.60. The highest BCUT2D eigenvalue weighted by Gasteiger charge is 2.13. The Morgan fingerprint density at radius 2 is 2.07 bits per heavy atom. The molecular formula is C10H14N2O2. The van der Waals surface area contributed by atoms with Gasteiger partial charge in [-0.3, -0.25) is 9.78 Å². The molecular weight excluding hydrogens is 180 g/mol. The maximum absolute atomic E-state index is 10.6. The smallest absolute Gasteiger partial charge is 0.323 e. The van der Waals surface area contributed by atoms with Crippen LogP contribution in [0.25, 0.3) is 0 Å². The summed E-state index contributed by atoms with van der Waals surface area (Å²) in [6.45, 7) is 3.94. The van der Waals surface area contributed by atoms with Gasteiger partial charge in [-0.2, -0.15) is 0 Å². The maximum atomic E-state index is 10.6. The van der Waals surface area contributed by atoms with Crippen molar-refractivity contribution in [1.29, 1.82) is 0 Å². The van der Waals surface area contributed by atoms with Crippen molar-refractivity contribution in [3.05, 3.63) is 24.5 Å². The molecule has 1 N–H and O–H groups in total. The fraction of sp³-hybridized carbons (Fsp3) is 0.400. The van der Waals surface area contributed by atoms with Crippen LogP contribution in [0.3, 0.4) is 0 Å². The number of carbonyl (C=O) groups is 1. The van der Waals surface area contributed by atoms with Crippen molar-refractivity contribution in [2.24, 2.45) is 0 Å². The van der Waals surface area contributed by atoms with E-state index in [1.807, 2.05) is 30.9 Å². The molecule has 0 fully saturated rings. The molecule has 0 bridgehead atoms. The first-order valence-corrected chi connectivity index (χ1v) is 4.49. The van der Waals surface area contributed by atoms with E-state index in [0.717, 1.165) is 5.69 Å². The fourth-order valence-corrected chi connectivity index (χ4v) is 1.25. The largest absolute Gasteiger partial charge is 0.480 e. The molecule has 14 heavy (non-hydrogen) atoms. The first-order chi connectivity index (χ1) is 6.61. The number of carboxylic acids is 1. The van der Waals surface area contributed by atoms with Crippen LogP contribution >= 0.6 is 0 Å². The summed E-state index contributed by atoms with van der Waals surface area (Å²) in [5.41, 5.74) is 0.886. The molecule has 0 amide bonds. The van der Waals surface area contributed by atoms with Crippen LogP contribution in [-0.4, -0.2) is 28.6 Å². The van der Waals surface area contributed by atoms with Gasteiger partial charge in [0.2, 0.25) is 0 Å². The van der Waals surface area contributed by atoms with Crippen LogP contribution < -0.4 is 4.90 Å². The molecule has 1 rings (SSSR count). The van der Waals surface area contributed by atoms with Gasteiger partial charge in [-0.05, 0) is 26.0 Å². The molecule has 4 heteroatoms. The van der Waals surface area contributed by atoms with Crippen LogP contribution in [0, 0.1) is 0 Å². The highest BCUT2D eigenvalue weighted by atomic mass is 16.4. The fourth-order valence-electron chi connectivity index (χ4n) is 1.25. The third kappa shape index (κ3) is 2.73. The summed E-state index contributed by atoms with van der Waals surface area (Å²) in [5.74, 6) is -0.824. The van der Waals surface area contributed by atoms with E-state index in [1.54, 1.807) is 12.4 Å². The lowest BCUT2D eigenvalue weighted by atomic mass is 10.2. The first-order valence-electron chi connectivity index (χ1n) is 4.49. The quantitative estimate of drug-likeness (QED) is 0.786. The summed E-state index contributed by atoms with van der Waals surface area (Å²) in [7, 11) is 0. The number of aromatic nitrogens is 1. The van der Waals surface area contributed by atoms with E-state index in [1.165, 1.54) is 0 Å². The number of rotatable bonds is 4. The normalized spacial score (nSPS) is 10.2. The van der Waals surface area contributed by atoms with Gasteiger partial charge >= 0.3 is 5.97 Å². The standard InChI is InChI=1S/C10H14N2O2/c1-8(2)12(7-10(13)14)9-3-5-11-6-4-9/h3-6,8H,7H2,1-2H3,(H,13,14). The number of hydrogen-bond donors (Lipinski definition) is 1. The van der Waals surface area contributed by atoms with Crippen LogP contribution in [0.5, 0.6) is 0 Å². The molecule has 0 saturated heterocycles. The number of hydrogen-bond acceptors (Lipinski definition) is 3. The highest BCUT2D eigenvalue weighted by Crippen LogP contribution is 2.14. The monoisotopic (exact) mass is 194 g/mol. The summed E-state index contributed by atoms with van der Waals surface area (Å²) in [6.07, 6.45) is 3.32. The van der Waals surface area contributed by atoms with Crippen molar-refractivity contribution >= 4 is 11.7 Å². The molecule has 0 spiro atoms. The molecule has 0 unspecified atom stereocenters. The number of pyridine rings is 1. The summed E-state index contributed by atoms with van der Waals surface area (Å²) < 4.78 is 0. The van der Waals surface area contributed by atoms with Gasteiger partial charge in [0.25, 0.3) is 0 Å². The third-order valence-electron chi connectivity index (χ3n) is 1.92. The minimum Gasteiger partial charge on any atom is -0.480 e. The van der Waals surface area contributed by atoms with Crippen LogP contribution in [-0.2, 0) is 4.79 Å². The second-order valence-electron chi connectivity index (χ2n) is 3.32. The Balaban J connectivity index is 2.83. The van der Waals surface area contributed by atoms with Crippen molar-refractivity contribution in [3.8, 4) is 0 Å².